The van der Waals surface area contributed by atoms with Crippen molar-refractivity contribution in [1.29, 1.82) is 0 Å². The van der Waals surface area contributed by atoms with Crippen LogP contribution in [0.25, 0.3) is 0 Å². The predicted octanol–water partition coefficient (Wildman–Crippen LogP) is 0.502. The van der Waals surface area contributed by atoms with E-state index in [1.807, 2.05) is 0 Å². The molecule has 17 heavy (non-hydrogen) atoms. The Morgan fingerprint density at radius 1 is 1.41 bits per heavy atom. The van der Waals surface area contributed by atoms with Gasteiger partial charge in [-0.25, -0.2) is 13.1 Å². The summed E-state index contributed by atoms with van der Waals surface area (Å²) in [5.74, 6) is 0. The van der Waals surface area contributed by atoms with E-state index in [1.54, 1.807) is 18.3 Å². The van der Waals surface area contributed by atoms with Crippen molar-refractivity contribution in [2.45, 2.75) is 30.2 Å². The Kier molecular flexibility index (Phi) is 4.09. The third-order valence-corrected chi connectivity index (χ3v) is 4.32. The van der Waals surface area contributed by atoms with Gasteiger partial charge in [0.05, 0.1) is 0 Å². The van der Waals surface area contributed by atoms with Gasteiger partial charge in [-0.3, -0.25) is 4.98 Å². The number of nitrogens with zero attached hydrogens (tertiary/aromatic N) is 1. The molecular weight excluding hydrogens is 238 g/mol. The van der Waals surface area contributed by atoms with E-state index in [4.69, 9.17) is 0 Å². The SMILES string of the molecule is O=S(=O)(NC1CCCCNC1)c1cccnc1. The maximum absolute atomic E-state index is 12.0. The first-order valence-corrected chi connectivity index (χ1v) is 7.30. The summed E-state index contributed by atoms with van der Waals surface area (Å²) in [6, 6.07) is 3.15. The van der Waals surface area contributed by atoms with Crippen LogP contribution in [0.2, 0.25) is 0 Å². The van der Waals surface area contributed by atoms with Crippen LogP contribution >= 0.6 is 0 Å². The van der Waals surface area contributed by atoms with Crippen molar-refractivity contribution in [2.75, 3.05) is 13.1 Å². The number of aromatic nitrogens is 1. The van der Waals surface area contributed by atoms with Gasteiger partial charge >= 0.3 is 0 Å². The fourth-order valence-corrected chi connectivity index (χ4v) is 3.15. The highest BCUT2D eigenvalue weighted by molar-refractivity contribution is 7.89. The summed E-state index contributed by atoms with van der Waals surface area (Å²) >= 11 is 0. The minimum absolute atomic E-state index is 0.0253. The van der Waals surface area contributed by atoms with Gasteiger partial charge in [-0.2, -0.15) is 0 Å². The quantitative estimate of drug-likeness (QED) is 0.825. The van der Waals surface area contributed by atoms with Gasteiger partial charge in [0, 0.05) is 25.0 Å². The van der Waals surface area contributed by atoms with E-state index < -0.39 is 10.0 Å². The molecule has 0 saturated carbocycles. The molecule has 5 nitrogen and oxygen atoms in total. The predicted molar refractivity (Wildman–Crippen MR) is 65.1 cm³/mol. The first kappa shape index (κ1) is 12.5. The molecule has 1 atom stereocenters. The van der Waals surface area contributed by atoms with Crippen molar-refractivity contribution in [3.63, 3.8) is 0 Å². The smallest absolute Gasteiger partial charge is 0.242 e. The Hall–Kier alpha value is -0.980. The highest BCUT2D eigenvalue weighted by Crippen LogP contribution is 2.10. The summed E-state index contributed by atoms with van der Waals surface area (Å²) in [6.45, 7) is 1.66. The highest BCUT2D eigenvalue weighted by atomic mass is 32.2. The Morgan fingerprint density at radius 2 is 2.29 bits per heavy atom. The second-order valence-electron chi connectivity index (χ2n) is 4.21. The van der Waals surface area contributed by atoms with Gasteiger partial charge in [0.25, 0.3) is 0 Å². The van der Waals surface area contributed by atoms with Crippen molar-refractivity contribution in [2.24, 2.45) is 0 Å². The summed E-state index contributed by atoms with van der Waals surface area (Å²) in [5, 5.41) is 3.23. The Labute approximate surface area is 102 Å². The van der Waals surface area contributed by atoms with E-state index in [2.05, 4.69) is 15.0 Å². The Balaban J connectivity index is 2.06. The van der Waals surface area contributed by atoms with Crippen LogP contribution in [0.4, 0.5) is 0 Å². The molecule has 0 bridgehead atoms. The largest absolute Gasteiger partial charge is 0.315 e. The lowest BCUT2D eigenvalue weighted by molar-refractivity contribution is 0.521. The zero-order valence-corrected chi connectivity index (χ0v) is 10.4. The van der Waals surface area contributed by atoms with Crippen LogP contribution in [0, 0.1) is 0 Å². The Bertz CT molecular complexity index is 439. The van der Waals surface area contributed by atoms with Crippen LogP contribution in [0.1, 0.15) is 19.3 Å². The van der Waals surface area contributed by atoms with E-state index in [1.165, 1.54) is 6.20 Å². The number of hydrogen-bond acceptors (Lipinski definition) is 4. The molecule has 1 aromatic heterocycles. The highest BCUT2D eigenvalue weighted by Gasteiger charge is 2.20. The first-order valence-electron chi connectivity index (χ1n) is 5.81. The number of sulfonamides is 1. The lowest BCUT2D eigenvalue weighted by Gasteiger charge is -2.16. The first-order chi connectivity index (χ1) is 8.18. The van der Waals surface area contributed by atoms with Crippen molar-refractivity contribution in [1.82, 2.24) is 15.0 Å². The minimum atomic E-state index is -3.43. The van der Waals surface area contributed by atoms with Crippen LogP contribution in [0.5, 0.6) is 0 Å². The van der Waals surface area contributed by atoms with E-state index in [0.29, 0.717) is 6.54 Å². The third kappa shape index (κ3) is 3.49. The van der Waals surface area contributed by atoms with Crippen molar-refractivity contribution in [3.05, 3.63) is 24.5 Å². The van der Waals surface area contributed by atoms with Crippen LogP contribution in [-0.4, -0.2) is 32.5 Å². The molecule has 1 fully saturated rings. The minimum Gasteiger partial charge on any atom is -0.315 e. The fourth-order valence-electron chi connectivity index (χ4n) is 1.91. The second kappa shape index (κ2) is 5.57. The number of nitrogens with one attached hydrogen (secondary N) is 2. The van der Waals surface area contributed by atoms with E-state index in [9.17, 15) is 8.42 Å². The summed E-state index contributed by atoms with van der Waals surface area (Å²) in [4.78, 5) is 4.05. The molecule has 2 N–H and O–H groups in total. The van der Waals surface area contributed by atoms with Crippen LogP contribution in [0.3, 0.4) is 0 Å². The van der Waals surface area contributed by atoms with Crippen LogP contribution < -0.4 is 10.0 Å². The average Bonchev–Trinajstić information content (AvgIpc) is 2.58. The molecule has 0 radical (unpaired) electrons. The molecule has 0 aliphatic carbocycles. The summed E-state index contributed by atoms with van der Waals surface area (Å²) in [5.41, 5.74) is 0. The van der Waals surface area contributed by atoms with E-state index >= 15 is 0 Å². The maximum atomic E-state index is 12.0. The number of hydrogen-bond donors (Lipinski definition) is 2. The molecule has 1 aliphatic heterocycles. The molecule has 1 unspecified atom stereocenters. The fraction of sp³-hybridized carbons (Fsp3) is 0.545. The summed E-state index contributed by atoms with van der Waals surface area (Å²) in [7, 11) is -3.43. The normalized spacial score (nSPS) is 22.0. The maximum Gasteiger partial charge on any atom is 0.242 e. The zero-order valence-electron chi connectivity index (χ0n) is 9.59. The zero-order chi connectivity index (χ0) is 12.1. The average molecular weight is 255 g/mol. The standard InChI is InChI=1S/C11H17N3O2S/c15-17(16,11-5-3-7-13-9-11)14-10-4-1-2-6-12-8-10/h3,5,7,9-10,12,14H,1-2,4,6,8H2. The molecule has 2 rings (SSSR count). The monoisotopic (exact) mass is 255 g/mol. The number of rotatable bonds is 3. The van der Waals surface area contributed by atoms with Gasteiger partial charge in [0.15, 0.2) is 0 Å². The lowest BCUT2D eigenvalue weighted by Crippen LogP contribution is -2.40. The molecule has 94 valence electrons. The van der Waals surface area contributed by atoms with E-state index in [-0.39, 0.29) is 10.9 Å². The van der Waals surface area contributed by atoms with Crippen LogP contribution in [0.15, 0.2) is 29.4 Å². The van der Waals surface area contributed by atoms with Crippen LogP contribution in [-0.2, 0) is 10.0 Å². The summed E-state index contributed by atoms with van der Waals surface area (Å²) < 4.78 is 26.8. The number of pyridine rings is 1. The van der Waals surface area contributed by atoms with Gasteiger partial charge in [-0.15, -0.1) is 0 Å². The topological polar surface area (TPSA) is 71.1 Å². The molecule has 0 aromatic carbocycles. The molecule has 6 heteroatoms. The summed E-state index contributed by atoms with van der Waals surface area (Å²) in [6.07, 6.45) is 5.96. The molecule has 0 amide bonds. The molecule has 2 heterocycles. The van der Waals surface area contributed by atoms with Crippen molar-refractivity contribution < 1.29 is 8.42 Å². The van der Waals surface area contributed by atoms with Gasteiger partial charge in [0.2, 0.25) is 10.0 Å². The molecule has 1 saturated heterocycles. The van der Waals surface area contributed by atoms with Crippen molar-refractivity contribution in [3.8, 4) is 0 Å². The third-order valence-electron chi connectivity index (χ3n) is 2.81. The van der Waals surface area contributed by atoms with Crippen molar-refractivity contribution >= 4 is 10.0 Å². The molecule has 0 spiro atoms. The Morgan fingerprint density at radius 3 is 3.06 bits per heavy atom. The lowest BCUT2D eigenvalue weighted by atomic mass is 10.2. The van der Waals surface area contributed by atoms with Gasteiger partial charge < -0.3 is 5.32 Å². The van der Waals surface area contributed by atoms with E-state index in [0.717, 1.165) is 25.8 Å². The molecular formula is C11H17N3O2S. The van der Waals surface area contributed by atoms with Gasteiger partial charge in [-0.05, 0) is 31.5 Å². The molecule has 1 aliphatic rings. The van der Waals surface area contributed by atoms with Gasteiger partial charge in [-0.1, -0.05) is 6.42 Å². The second-order valence-corrected chi connectivity index (χ2v) is 5.92. The van der Waals surface area contributed by atoms with Gasteiger partial charge in [0.1, 0.15) is 4.90 Å². The molecule has 1 aromatic rings.